The summed E-state index contributed by atoms with van der Waals surface area (Å²) >= 11 is 0. The Morgan fingerprint density at radius 2 is 2.21 bits per heavy atom. The van der Waals surface area contributed by atoms with Crippen molar-refractivity contribution in [2.75, 3.05) is 6.54 Å². The molecule has 106 valence electrons. The van der Waals surface area contributed by atoms with Gasteiger partial charge in [-0.25, -0.2) is 0 Å². The molecule has 0 bridgehead atoms. The molecule has 0 radical (unpaired) electrons. The third-order valence-electron chi connectivity index (χ3n) is 3.67. The topological polar surface area (TPSA) is 71.8 Å². The zero-order valence-electron chi connectivity index (χ0n) is 11.7. The van der Waals surface area contributed by atoms with E-state index in [0.29, 0.717) is 12.6 Å². The second-order valence-corrected chi connectivity index (χ2v) is 5.31. The quantitative estimate of drug-likeness (QED) is 0.830. The van der Waals surface area contributed by atoms with E-state index in [4.69, 9.17) is 0 Å². The van der Waals surface area contributed by atoms with Crippen molar-refractivity contribution in [1.29, 1.82) is 0 Å². The maximum atomic E-state index is 11.9. The number of aryl methyl sites for hydroxylation is 1. The van der Waals surface area contributed by atoms with Crippen LogP contribution in [0.1, 0.15) is 50.9 Å². The summed E-state index contributed by atoms with van der Waals surface area (Å²) in [6, 6.07) is 0.387. The van der Waals surface area contributed by atoms with Crippen LogP contribution >= 0.6 is 0 Å². The summed E-state index contributed by atoms with van der Waals surface area (Å²) in [5.41, 5.74) is 0. The number of carbonyl (C=O) groups is 1. The Labute approximate surface area is 114 Å². The molecule has 2 N–H and O–H groups in total. The third kappa shape index (κ3) is 4.02. The third-order valence-corrected chi connectivity index (χ3v) is 3.67. The van der Waals surface area contributed by atoms with Gasteiger partial charge in [-0.3, -0.25) is 10.1 Å². The van der Waals surface area contributed by atoms with E-state index in [1.165, 1.54) is 19.3 Å². The van der Waals surface area contributed by atoms with Crippen LogP contribution in [0.5, 0.6) is 0 Å². The largest absolute Gasteiger partial charge is 0.352 e. The molecule has 19 heavy (non-hydrogen) atoms. The van der Waals surface area contributed by atoms with E-state index in [-0.39, 0.29) is 11.9 Å². The van der Waals surface area contributed by atoms with Crippen LogP contribution in [0, 0.1) is 0 Å². The highest BCUT2D eigenvalue weighted by Gasteiger charge is 2.17. The van der Waals surface area contributed by atoms with Crippen molar-refractivity contribution in [1.82, 2.24) is 25.4 Å². The highest BCUT2D eigenvalue weighted by atomic mass is 16.2. The van der Waals surface area contributed by atoms with Crippen molar-refractivity contribution in [3.05, 3.63) is 12.2 Å². The number of hydrogen-bond acceptors (Lipinski definition) is 4. The summed E-state index contributed by atoms with van der Waals surface area (Å²) in [5, 5.41) is 14.1. The van der Waals surface area contributed by atoms with Gasteiger partial charge in [0.2, 0.25) is 5.91 Å². The fourth-order valence-corrected chi connectivity index (χ4v) is 2.55. The van der Waals surface area contributed by atoms with Gasteiger partial charge in [0.25, 0.3) is 0 Å². The van der Waals surface area contributed by atoms with Gasteiger partial charge in [0.15, 0.2) is 0 Å². The Balaban J connectivity index is 1.72. The van der Waals surface area contributed by atoms with Crippen molar-refractivity contribution in [2.45, 2.75) is 51.1 Å². The molecule has 0 spiro atoms. The molecule has 0 aromatic carbocycles. The lowest BCUT2D eigenvalue weighted by Gasteiger charge is -2.23. The number of hydrogen-bond donors (Lipinski definition) is 2. The van der Waals surface area contributed by atoms with E-state index in [1.807, 2.05) is 18.5 Å². The highest BCUT2D eigenvalue weighted by molar-refractivity contribution is 5.78. The Morgan fingerprint density at radius 3 is 2.84 bits per heavy atom. The van der Waals surface area contributed by atoms with E-state index in [2.05, 4.69) is 20.8 Å². The Kier molecular flexibility index (Phi) is 4.90. The Bertz CT molecular complexity index is 411. The lowest BCUT2D eigenvalue weighted by molar-refractivity contribution is -0.121. The number of nitrogens with one attached hydrogen (secondary N) is 2. The van der Waals surface area contributed by atoms with Gasteiger partial charge in [0, 0.05) is 13.1 Å². The van der Waals surface area contributed by atoms with Crippen molar-refractivity contribution in [3.8, 4) is 0 Å². The minimum Gasteiger partial charge on any atom is -0.352 e. The van der Waals surface area contributed by atoms with Crippen LogP contribution in [0.2, 0.25) is 0 Å². The summed E-state index contributed by atoms with van der Waals surface area (Å²) in [5.74, 6) is 0.909. The zero-order valence-corrected chi connectivity index (χ0v) is 11.7. The predicted molar refractivity (Wildman–Crippen MR) is 72.4 cm³/mol. The monoisotopic (exact) mass is 265 g/mol. The van der Waals surface area contributed by atoms with E-state index >= 15 is 0 Å². The van der Waals surface area contributed by atoms with Crippen molar-refractivity contribution < 1.29 is 4.79 Å². The lowest BCUT2D eigenvalue weighted by atomic mass is 9.95. The summed E-state index contributed by atoms with van der Waals surface area (Å²) < 4.78 is 1.86. The number of carbonyl (C=O) groups excluding carboxylic acids is 1. The first-order chi connectivity index (χ1) is 9.16. The number of amides is 1. The van der Waals surface area contributed by atoms with Gasteiger partial charge in [-0.15, -0.1) is 10.2 Å². The summed E-state index contributed by atoms with van der Waals surface area (Å²) in [6.07, 6.45) is 7.65. The average Bonchev–Trinajstić information content (AvgIpc) is 2.83. The summed E-state index contributed by atoms with van der Waals surface area (Å²) in [6.45, 7) is 2.31. The minimum atomic E-state index is 0.0182. The molecule has 1 atom stereocenters. The molecule has 1 aliphatic carbocycles. The predicted octanol–water partition coefficient (Wildman–Crippen LogP) is 0.915. The number of rotatable bonds is 5. The van der Waals surface area contributed by atoms with Gasteiger partial charge in [-0.1, -0.05) is 19.3 Å². The molecule has 1 aromatic rings. The maximum absolute atomic E-state index is 11.9. The standard InChI is InChI=1S/C13H23N5O/c1-10(13-17-15-9-18(13)2)14-8-12(19)16-11-6-4-3-5-7-11/h9-11,14H,3-8H2,1-2H3,(H,16,19). The van der Waals surface area contributed by atoms with Gasteiger partial charge in [-0.2, -0.15) is 0 Å². The fourth-order valence-electron chi connectivity index (χ4n) is 2.55. The molecule has 1 saturated carbocycles. The van der Waals surface area contributed by atoms with Crippen LogP contribution < -0.4 is 10.6 Å². The molecular formula is C13H23N5O. The van der Waals surface area contributed by atoms with E-state index in [9.17, 15) is 4.79 Å². The van der Waals surface area contributed by atoms with Gasteiger partial charge < -0.3 is 9.88 Å². The number of nitrogens with zero attached hydrogens (tertiary/aromatic N) is 3. The molecule has 0 aliphatic heterocycles. The SMILES string of the molecule is CC(NCC(=O)NC1CCCCC1)c1nncn1C. The van der Waals surface area contributed by atoms with Gasteiger partial charge in [0.1, 0.15) is 12.2 Å². The van der Waals surface area contributed by atoms with Gasteiger partial charge >= 0.3 is 0 Å². The molecule has 0 saturated heterocycles. The van der Waals surface area contributed by atoms with Gasteiger partial charge in [0.05, 0.1) is 12.6 Å². The second-order valence-electron chi connectivity index (χ2n) is 5.31. The smallest absolute Gasteiger partial charge is 0.234 e. The van der Waals surface area contributed by atoms with E-state index in [0.717, 1.165) is 18.7 Å². The zero-order chi connectivity index (χ0) is 13.7. The first kappa shape index (κ1) is 14.0. The fraction of sp³-hybridized carbons (Fsp3) is 0.769. The average molecular weight is 265 g/mol. The Morgan fingerprint density at radius 1 is 1.47 bits per heavy atom. The first-order valence-electron chi connectivity index (χ1n) is 7.03. The van der Waals surface area contributed by atoms with E-state index in [1.54, 1.807) is 6.33 Å². The molecule has 2 rings (SSSR count). The summed E-state index contributed by atoms with van der Waals surface area (Å²) in [4.78, 5) is 11.9. The molecule has 6 heteroatoms. The van der Waals surface area contributed by atoms with Crippen molar-refractivity contribution in [2.24, 2.45) is 7.05 Å². The van der Waals surface area contributed by atoms with Crippen LogP contribution in [0.3, 0.4) is 0 Å². The maximum Gasteiger partial charge on any atom is 0.234 e. The van der Waals surface area contributed by atoms with Crippen LogP contribution in [-0.4, -0.2) is 33.3 Å². The molecule has 1 aromatic heterocycles. The van der Waals surface area contributed by atoms with Crippen LogP contribution in [0.25, 0.3) is 0 Å². The highest BCUT2D eigenvalue weighted by Crippen LogP contribution is 2.17. The second kappa shape index (κ2) is 6.65. The number of aromatic nitrogens is 3. The molecule has 1 aliphatic rings. The normalized spacial score (nSPS) is 18.2. The molecule has 1 unspecified atom stereocenters. The molecule has 1 heterocycles. The lowest BCUT2D eigenvalue weighted by Crippen LogP contribution is -2.42. The van der Waals surface area contributed by atoms with Crippen LogP contribution in [-0.2, 0) is 11.8 Å². The minimum absolute atomic E-state index is 0.0182. The van der Waals surface area contributed by atoms with Crippen LogP contribution in [0.15, 0.2) is 6.33 Å². The first-order valence-corrected chi connectivity index (χ1v) is 7.03. The van der Waals surface area contributed by atoms with Crippen molar-refractivity contribution in [3.63, 3.8) is 0 Å². The molecule has 6 nitrogen and oxygen atoms in total. The molecule has 1 amide bonds. The van der Waals surface area contributed by atoms with Crippen LogP contribution in [0.4, 0.5) is 0 Å². The van der Waals surface area contributed by atoms with E-state index < -0.39 is 0 Å². The van der Waals surface area contributed by atoms with Crippen molar-refractivity contribution >= 4 is 5.91 Å². The molecule has 1 fully saturated rings. The molecular weight excluding hydrogens is 242 g/mol. The van der Waals surface area contributed by atoms with Gasteiger partial charge in [-0.05, 0) is 19.8 Å². The Hall–Kier alpha value is -1.43. The summed E-state index contributed by atoms with van der Waals surface area (Å²) in [7, 11) is 1.90.